The number of nitrogens with zero attached hydrogens (tertiary/aromatic N) is 1. The Kier molecular flexibility index (Phi) is 8.22. The summed E-state index contributed by atoms with van der Waals surface area (Å²) in [7, 11) is 3.21. The molecule has 0 saturated heterocycles. The van der Waals surface area contributed by atoms with Gasteiger partial charge in [0, 0.05) is 18.0 Å². The van der Waals surface area contributed by atoms with E-state index in [9.17, 15) is 4.79 Å². The molecule has 1 aromatic rings. The predicted molar refractivity (Wildman–Crippen MR) is 89.5 cm³/mol. The summed E-state index contributed by atoms with van der Waals surface area (Å²) < 4.78 is 10.9. The zero-order valence-corrected chi connectivity index (χ0v) is 14.5. The summed E-state index contributed by atoms with van der Waals surface area (Å²) in [5.41, 5.74) is 1.74. The molecule has 1 aromatic heterocycles. The second-order valence-electron chi connectivity index (χ2n) is 5.52. The molecule has 6 nitrogen and oxygen atoms in total. The van der Waals surface area contributed by atoms with Gasteiger partial charge in [-0.1, -0.05) is 26.7 Å². The number of hydrogen-bond donors (Lipinski definition) is 2. The van der Waals surface area contributed by atoms with Crippen LogP contribution in [0.3, 0.4) is 0 Å². The average molecular weight is 324 g/mol. The van der Waals surface area contributed by atoms with E-state index in [-0.39, 0.29) is 6.04 Å². The van der Waals surface area contributed by atoms with E-state index in [1.165, 1.54) is 0 Å². The number of aryl methyl sites for hydroxylation is 1. The van der Waals surface area contributed by atoms with Crippen molar-refractivity contribution >= 4 is 6.09 Å². The van der Waals surface area contributed by atoms with Gasteiger partial charge in [0.2, 0.25) is 5.88 Å². The second kappa shape index (κ2) is 9.92. The van der Waals surface area contributed by atoms with Crippen molar-refractivity contribution in [3.63, 3.8) is 0 Å². The fraction of sp³-hybridized carbons (Fsp3) is 0.647. The Morgan fingerprint density at radius 1 is 1.30 bits per heavy atom. The third-order valence-electron chi connectivity index (χ3n) is 3.82. The third-order valence-corrected chi connectivity index (χ3v) is 3.82. The Balaban J connectivity index is 3.00. The Morgan fingerprint density at radius 3 is 2.57 bits per heavy atom. The summed E-state index contributed by atoms with van der Waals surface area (Å²) in [5, 5.41) is 11.4. The van der Waals surface area contributed by atoms with Gasteiger partial charge in [0.25, 0.3) is 0 Å². The summed E-state index contributed by atoms with van der Waals surface area (Å²) in [6.45, 7) is 4.10. The smallest absolute Gasteiger partial charge is 0.404 e. The lowest BCUT2D eigenvalue weighted by Gasteiger charge is -2.18. The van der Waals surface area contributed by atoms with E-state index in [1.807, 2.05) is 13.0 Å². The van der Waals surface area contributed by atoms with E-state index >= 15 is 0 Å². The van der Waals surface area contributed by atoms with Gasteiger partial charge in [0.1, 0.15) is 5.75 Å². The number of pyridine rings is 1. The first-order valence-corrected chi connectivity index (χ1v) is 8.15. The zero-order chi connectivity index (χ0) is 17.2. The maximum atomic E-state index is 10.8. The number of methoxy groups -OCH3 is 2. The van der Waals surface area contributed by atoms with Crippen molar-refractivity contribution in [1.29, 1.82) is 0 Å². The second-order valence-corrected chi connectivity index (χ2v) is 5.52. The highest BCUT2D eigenvalue weighted by Crippen LogP contribution is 2.28. The number of hydrogen-bond acceptors (Lipinski definition) is 4. The minimum absolute atomic E-state index is 0.204. The number of ether oxygens (including phenoxy) is 2. The van der Waals surface area contributed by atoms with Crippen LogP contribution in [0.1, 0.15) is 50.8 Å². The van der Waals surface area contributed by atoms with Gasteiger partial charge in [-0.15, -0.1) is 0 Å². The largest absolute Gasteiger partial charge is 0.495 e. The molecule has 0 radical (unpaired) electrons. The summed E-state index contributed by atoms with van der Waals surface area (Å²) in [6, 6.07) is 1.76. The molecule has 0 spiro atoms. The molecular formula is C17H28N2O4. The first-order chi connectivity index (χ1) is 11.0. The third kappa shape index (κ3) is 5.96. The topological polar surface area (TPSA) is 80.7 Å². The van der Waals surface area contributed by atoms with Crippen molar-refractivity contribution < 1.29 is 19.4 Å². The SMILES string of the molecule is CCCCCc1cc(OC)c(CC(CC)NC(=O)O)nc1OC. The number of carboxylic acid groups (broad SMARTS) is 1. The molecular weight excluding hydrogens is 296 g/mol. The lowest BCUT2D eigenvalue weighted by molar-refractivity contribution is 0.189. The first-order valence-electron chi connectivity index (χ1n) is 8.15. The molecule has 1 unspecified atom stereocenters. The molecule has 130 valence electrons. The van der Waals surface area contributed by atoms with Crippen LogP contribution in [0, 0.1) is 0 Å². The molecule has 0 aliphatic carbocycles. The van der Waals surface area contributed by atoms with Gasteiger partial charge in [-0.3, -0.25) is 0 Å². The van der Waals surface area contributed by atoms with Gasteiger partial charge in [-0.05, 0) is 25.3 Å². The van der Waals surface area contributed by atoms with Crippen molar-refractivity contribution in [3.05, 3.63) is 17.3 Å². The normalized spacial score (nSPS) is 11.8. The van der Waals surface area contributed by atoms with Crippen molar-refractivity contribution in [2.24, 2.45) is 0 Å². The van der Waals surface area contributed by atoms with E-state index < -0.39 is 6.09 Å². The van der Waals surface area contributed by atoms with Crippen LogP contribution in [0.15, 0.2) is 6.07 Å². The summed E-state index contributed by atoms with van der Waals surface area (Å²) in [4.78, 5) is 15.4. The molecule has 0 fully saturated rings. The Bertz CT molecular complexity index is 506. The number of rotatable bonds is 10. The number of nitrogens with one attached hydrogen (secondary N) is 1. The molecule has 0 aliphatic heterocycles. The lowest BCUT2D eigenvalue weighted by atomic mass is 10.0. The van der Waals surface area contributed by atoms with Crippen LogP contribution >= 0.6 is 0 Å². The number of aromatic nitrogens is 1. The Labute approximate surface area is 138 Å². The molecule has 0 bridgehead atoms. The van der Waals surface area contributed by atoms with Crippen molar-refractivity contribution in [2.75, 3.05) is 14.2 Å². The van der Waals surface area contributed by atoms with Crippen molar-refractivity contribution in [1.82, 2.24) is 10.3 Å². The molecule has 1 amide bonds. The fourth-order valence-electron chi connectivity index (χ4n) is 2.50. The molecule has 0 aromatic carbocycles. The number of carbonyl (C=O) groups is 1. The molecule has 23 heavy (non-hydrogen) atoms. The van der Waals surface area contributed by atoms with Gasteiger partial charge < -0.3 is 19.9 Å². The zero-order valence-electron chi connectivity index (χ0n) is 14.5. The summed E-state index contributed by atoms with van der Waals surface area (Å²) in [6.07, 6.45) is 4.41. The summed E-state index contributed by atoms with van der Waals surface area (Å²) >= 11 is 0. The highest BCUT2D eigenvalue weighted by atomic mass is 16.5. The number of unbranched alkanes of at least 4 members (excludes halogenated alkanes) is 2. The Morgan fingerprint density at radius 2 is 2.04 bits per heavy atom. The van der Waals surface area contributed by atoms with E-state index in [2.05, 4.69) is 17.2 Å². The van der Waals surface area contributed by atoms with Gasteiger partial charge in [-0.2, -0.15) is 0 Å². The van der Waals surface area contributed by atoms with Crippen LogP contribution < -0.4 is 14.8 Å². The van der Waals surface area contributed by atoms with Crippen LogP contribution in [0.5, 0.6) is 11.6 Å². The standard InChI is InChI=1S/C17H28N2O4/c1-5-7-8-9-12-10-15(22-3)14(19-16(12)23-4)11-13(6-2)18-17(20)21/h10,13,18H,5-9,11H2,1-4H3,(H,20,21). The van der Waals surface area contributed by atoms with Crippen LogP contribution in [-0.2, 0) is 12.8 Å². The quantitative estimate of drug-likeness (QED) is 0.645. The predicted octanol–water partition coefficient (Wildman–Crippen LogP) is 3.42. The van der Waals surface area contributed by atoms with Crippen LogP contribution in [-0.4, -0.2) is 36.4 Å². The van der Waals surface area contributed by atoms with Gasteiger partial charge >= 0.3 is 6.09 Å². The van der Waals surface area contributed by atoms with Gasteiger partial charge in [-0.25, -0.2) is 9.78 Å². The van der Waals surface area contributed by atoms with Gasteiger partial charge in [0.05, 0.1) is 19.9 Å². The number of amides is 1. The summed E-state index contributed by atoms with van der Waals surface area (Å²) in [5.74, 6) is 1.28. The van der Waals surface area contributed by atoms with Crippen LogP contribution in [0.25, 0.3) is 0 Å². The molecule has 2 N–H and O–H groups in total. The fourth-order valence-corrected chi connectivity index (χ4v) is 2.50. The monoisotopic (exact) mass is 324 g/mol. The van der Waals surface area contributed by atoms with Crippen LogP contribution in [0.2, 0.25) is 0 Å². The highest BCUT2D eigenvalue weighted by molar-refractivity contribution is 5.64. The first kappa shape index (κ1) is 19.1. The minimum Gasteiger partial charge on any atom is -0.495 e. The maximum absolute atomic E-state index is 10.8. The minimum atomic E-state index is -1.03. The lowest BCUT2D eigenvalue weighted by Crippen LogP contribution is -2.35. The highest BCUT2D eigenvalue weighted by Gasteiger charge is 2.18. The molecule has 1 rings (SSSR count). The molecule has 1 heterocycles. The van der Waals surface area contributed by atoms with E-state index in [0.717, 1.165) is 31.2 Å². The van der Waals surface area contributed by atoms with E-state index in [4.69, 9.17) is 14.6 Å². The van der Waals surface area contributed by atoms with E-state index in [1.54, 1.807) is 14.2 Å². The van der Waals surface area contributed by atoms with Crippen molar-refractivity contribution in [3.8, 4) is 11.6 Å². The van der Waals surface area contributed by atoms with Gasteiger partial charge in [0.15, 0.2) is 0 Å². The molecule has 0 saturated carbocycles. The molecule has 1 atom stereocenters. The Hall–Kier alpha value is -1.98. The maximum Gasteiger partial charge on any atom is 0.404 e. The van der Waals surface area contributed by atoms with E-state index in [0.29, 0.717) is 30.2 Å². The van der Waals surface area contributed by atoms with Crippen molar-refractivity contribution in [2.45, 2.75) is 58.4 Å². The molecule has 6 heteroatoms. The average Bonchev–Trinajstić information content (AvgIpc) is 2.54. The van der Waals surface area contributed by atoms with Crippen LogP contribution in [0.4, 0.5) is 4.79 Å². The molecule has 0 aliphatic rings.